The van der Waals surface area contributed by atoms with E-state index in [1.54, 1.807) is 0 Å². The van der Waals surface area contributed by atoms with E-state index in [4.69, 9.17) is 0 Å². The van der Waals surface area contributed by atoms with Crippen molar-refractivity contribution in [3.63, 3.8) is 0 Å². The molecule has 0 aliphatic heterocycles. The predicted molar refractivity (Wildman–Crippen MR) is 314 cm³/mol. The van der Waals surface area contributed by atoms with Crippen LogP contribution in [0.15, 0.2) is 218 Å². The highest BCUT2D eigenvalue weighted by Gasteiger charge is 2.33. The molecule has 3 aliphatic rings. The molecule has 3 aliphatic carbocycles. The molecule has 0 spiro atoms. The van der Waals surface area contributed by atoms with Gasteiger partial charge in [-0.25, -0.2) is 0 Å². The molecule has 11 rings (SSSR count). The third-order valence-electron chi connectivity index (χ3n) is 12.2. The topological polar surface area (TPSA) is 13.1 Å². The van der Waals surface area contributed by atoms with E-state index in [2.05, 4.69) is 250 Å². The summed E-state index contributed by atoms with van der Waals surface area (Å²) < 4.78 is 5.88. The average molecular weight is 985 g/mol. The quantitative estimate of drug-likeness (QED) is 0.155. The number of benzene rings is 6. The van der Waals surface area contributed by atoms with Gasteiger partial charge in [0.15, 0.2) is 0 Å². The lowest BCUT2D eigenvalue weighted by Crippen LogP contribution is -2.29. The van der Waals surface area contributed by atoms with Crippen molar-refractivity contribution in [2.75, 3.05) is 4.90 Å². The Morgan fingerprint density at radius 2 is 0.986 bits per heavy atom. The van der Waals surface area contributed by atoms with Crippen LogP contribution in [-0.4, -0.2) is 15.2 Å². The van der Waals surface area contributed by atoms with Gasteiger partial charge in [0, 0.05) is 60.4 Å². The van der Waals surface area contributed by atoms with Gasteiger partial charge in [-0.1, -0.05) is 231 Å². The van der Waals surface area contributed by atoms with Crippen LogP contribution >= 0.6 is 15.9 Å². The van der Waals surface area contributed by atoms with Crippen LogP contribution in [0, 0.1) is 5.92 Å². The third kappa shape index (κ3) is 10.4. The zero-order valence-electron chi connectivity index (χ0n) is 42.7. The fourth-order valence-corrected chi connectivity index (χ4v) is 9.70. The Morgan fingerprint density at radius 3 is 1.53 bits per heavy atom. The predicted octanol–water partition coefficient (Wildman–Crippen LogP) is 20.3. The molecule has 6 aromatic carbocycles. The van der Waals surface area contributed by atoms with Crippen molar-refractivity contribution in [1.82, 2.24) is 9.13 Å². The lowest BCUT2D eigenvalue weighted by molar-refractivity contribution is 0.785. The van der Waals surface area contributed by atoms with Crippen LogP contribution in [0.25, 0.3) is 79.2 Å². The van der Waals surface area contributed by atoms with Crippen molar-refractivity contribution in [2.45, 2.75) is 74.8 Å². The Morgan fingerprint density at radius 1 is 0.500 bits per heavy atom. The lowest BCUT2D eigenvalue weighted by Gasteiger charge is -2.32. The summed E-state index contributed by atoms with van der Waals surface area (Å²) in [7, 11) is 0. The van der Waals surface area contributed by atoms with Gasteiger partial charge in [0.25, 0.3) is 0 Å². The summed E-state index contributed by atoms with van der Waals surface area (Å²) in [5, 5.41) is 1.21. The molecule has 3 nitrogen and oxygen atoms in total. The summed E-state index contributed by atoms with van der Waals surface area (Å²) >= 11 is 3.68. The molecule has 1 unspecified atom stereocenters. The Bertz CT molecular complexity index is 3090. The van der Waals surface area contributed by atoms with E-state index in [9.17, 15) is 0 Å². The van der Waals surface area contributed by atoms with Gasteiger partial charge >= 0.3 is 0 Å². The standard InChI is InChI=1S/C52H38BrN3.C6H8.4C2H6/c1-3-41-47(4-2)55(40-33-31-38(32-34-40)54(36-17-7-5-8-18-36)37-19-9-6-10-20-37)51-45-24-14-12-22-43(45)50-46-25-15-16-26-48(46)56(39-29-27-35(53)28-30-39)52(50)44-23-13-11-21-42(44)49(41)51;1-6-4-2-3-5-6;4*1-2/h3-19,21-34,37H,1-2,20H2;2-6H,1H3;4*1-2H3. The van der Waals surface area contributed by atoms with Crippen LogP contribution in [0.4, 0.5) is 11.4 Å². The highest BCUT2D eigenvalue weighted by atomic mass is 79.9. The van der Waals surface area contributed by atoms with E-state index in [1.165, 1.54) is 27.9 Å². The summed E-state index contributed by atoms with van der Waals surface area (Å²) in [5.41, 5.74) is 17.0. The van der Waals surface area contributed by atoms with Gasteiger partial charge in [-0.3, -0.25) is 0 Å². The second-order valence-corrected chi connectivity index (χ2v) is 16.8. The number of fused-ring (bicyclic) bond motifs is 10. The van der Waals surface area contributed by atoms with Gasteiger partial charge in [0.1, 0.15) is 0 Å². The van der Waals surface area contributed by atoms with Gasteiger partial charge < -0.3 is 14.0 Å². The first-order valence-electron chi connectivity index (χ1n) is 25.3. The number of para-hydroxylation sites is 2. The van der Waals surface area contributed by atoms with Crippen LogP contribution in [0.2, 0.25) is 0 Å². The highest BCUT2D eigenvalue weighted by Crippen LogP contribution is 2.54. The molecule has 1 atom stereocenters. The number of rotatable bonds is 7. The maximum Gasteiger partial charge on any atom is 0.0625 e. The minimum Gasteiger partial charge on any atom is -0.334 e. The summed E-state index contributed by atoms with van der Waals surface area (Å²) in [5.74, 6) is 0.685. The Balaban J connectivity index is 0.000000514. The minimum absolute atomic E-state index is 0.216. The van der Waals surface area contributed by atoms with Crippen molar-refractivity contribution < 1.29 is 0 Å². The van der Waals surface area contributed by atoms with Gasteiger partial charge in [-0.05, 0) is 96.3 Å². The largest absolute Gasteiger partial charge is 0.334 e. The molecule has 70 heavy (non-hydrogen) atoms. The molecule has 0 bridgehead atoms. The maximum absolute atomic E-state index is 4.42. The fourth-order valence-electron chi connectivity index (χ4n) is 9.44. The lowest BCUT2D eigenvalue weighted by atomic mass is 9.84. The summed E-state index contributed by atoms with van der Waals surface area (Å²) in [6.45, 7) is 27.0. The van der Waals surface area contributed by atoms with E-state index in [-0.39, 0.29) is 6.04 Å². The first-order valence-corrected chi connectivity index (χ1v) is 26.1. The number of hydrogen-bond acceptors (Lipinski definition) is 1. The van der Waals surface area contributed by atoms with Crippen LogP contribution in [-0.2, 0) is 0 Å². The zero-order valence-corrected chi connectivity index (χ0v) is 44.3. The minimum atomic E-state index is 0.216. The van der Waals surface area contributed by atoms with Crippen molar-refractivity contribution in [3.8, 4) is 56.1 Å². The Labute approximate surface area is 428 Å². The SMILES string of the molecule is C=Cc1c2c(n(-c3ccc(N(c4ccccc4)C4C=CC=CC4)cc3)c1C=C)-c1ccccc1-c1c(n(-c3ccc(Br)cc3)c3ccccc13)-c1ccccc1-2.CC.CC.CC.CC.CC1C=CC=C1. The summed E-state index contributed by atoms with van der Waals surface area (Å²) in [6.07, 6.45) is 22.2. The van der Waals surface area contributed by atoms with Gasteiger partial charge in [-0.2, -0.15) is 0 Å². The van der Waals surface area contributed by atoms with Gasteiger partial charge in [0.05, 0.1) is 28.6 Å². The maximum atomic E-state index is 4.42. The number of aromatic nitrogens is 2. The van der Waals surface area contributed by atoms with Crippen LogP contribution in [0.3, 0.4) is 0 Å². The smallest absolute Gasteiger partial charge is 0.0625 e. The van der Waals surface area contributed by atoms with Crippen LogP contribution in [0.5, 0.6) is 0 Å². The van der Waals surface area contributed by atoms with Gasteiger partial charge in [-0.15, -0.1) is 0 Å². The molecule has 8 aromatic rings. The number of halogens is 1. The zero-order chi connectivity index (χ0) is 50.2. The second-order valence-electron chi connectivity index (χ2n) is 15.9. The van der Waals surface area contributed by atoms with Crippen molar-refractivity contribution in [2.24, 2.45) is 5.92 Å². The van der Waals surface area contributed by atoms with Crippen molar-refractivity contribution in [1.29, 1.82) is 0 Å². The molecular formula is C66H70BrN3. The molecule has 0 saturated heterocycles. The summed E-state index contributed by atoms with van der Waals surface area (Å²) in [4.78, 5) is 2.43. The first kappa shape index (κ1) is 52.2. The van der Waals surface area contributed by atoms with E-state index in [0.29, 0.717) is 5.92 Å². The number of hydrogen-bond donors (Lipinski definition) is 0. The number of anilines is 2. The molecular weight excluding hydrogens is 915 g/mol. The molecule has 356 valence electrons. The van der Waals surface area contributed by atoms with Crippen LogP contribution in [0.1, 0.15) is 80.0 Å². The Kier molecular flexibility index (Phi) is 19.0. The number of nitrogens with zero attached hydrogens (tertiary/aromatic N) is 3. The molecule has 0 N–H and O–H groups in total. The molecule has 0 radical (unpaired) electrons. The van der Waals surface area contributed by atoms with E-state index >= 15 is 0 Å². The molecule has 2 aromatic heterocycles. The summed E-state index contributed by atoms with van der Waals surface area (Å²) in [6, 6.07) is 55.1. The van der Waals surface area contributed by atoms with Crippen molar-refractivity contribution in [3.05, 3.63) is 229 Å². The fraction of sp³-hybridized carbons (Fsp3) is 0.182. The van der Waals surface area contributed by atoms with E-state index < -0.39 is 0 Å². The number of allylic oxidation sites excluding steroid dienone is 6. The molecule has 4 heteroatoms. The monoisotopic (exact) mass is 983 g/mol. The second kappa shape index (κ2) is 25.5. The third-order valence-corrected chi connectivity index (χ3v) is 12.7. The molecule has 0 amide bonds. The highest BCUT2D eigenvalue weighted by molar-refractivity contribution is 9.10. The van der Waals surface area contributed by atoms with Gasteiger partial charge in [0.2, 0.25) is 0 Å². The Hall–Kier alpha value is -7.14. The van der Waals surface area contributed by atoms with Crippen molar-refractivity contribution >= 4 is 50.4 Å². The normalized spacial score (nSPS) is 13.2. The van der Waals surface area contributed by atoms with E-state index in [1.807, 2.05) is 67.5 Å². The van der Waals surface area contributed by atoms with E-state index in [0.717, 1.165) is 72.7 Å². The van der Waals surface area contributed by atoms with Crippen LogP contribution < -0.4 is 4.90 Å². The average Bonchev–Trinajstić information content (AvgIpc) is 4.15. The molecule has 0 saturated carbocycles. The molecule has 2 heterocycles. The first-order chi connectivity index (χ1) is 34.6. The molecule has 0 fully saturated rings.